The minimum Gasteiger partial charge on any atom is -0.393 e. The molecule has 0 amide bonds. The molecule has 4 nitrogen and oxygen atoms in total. The number of nitrogens with one attached hydrogen (secondary N) is 1. The zero-order chi connectivity index (χ0) is 13.0. The van der Waals surface area contributed by atoms with E-state index in [1.165, 1.54) is 0 Å². The van der Waals surface area contributed by atoms with Crippen LogP contribution in [0, 0.1) is 11.3 Å². The van der Waals surface area contributed by atoms with Crippen LogP contribution in [0.3, 0.4) is 0 Å². The number of rotatable bonds is 2. The molecule has 0 aromatic carbocycles. The predicted octanol–water partition coefficient (Wildman–Crippen LogP) is 0.935. The third-order valence-electron chi connectivity index (χ3n) is 3.47. The fourth-order valence-electron chi connectivity index (χ4n) is 2.30. The molecule has 1 heterocycles. The third kappa shape index (κ3) is 2.81. The van der Waals surface area contributed by atoms with E-state index in [9.17, 15) is 10.4 Å². The van der Waals surface area contributed by atoms with Gasteiger partial charge in [0.15, 0.2) is 0 Å². The quantitative estimate of drug-likeness (QED) is 0.760. The standard InChI is InChI=1S/C14H19N3O/c1-16-12-3-2-11(10-15)14(5-4-12)17-8-6-13(18)7-9-17/h2-5,12-13,16,18H,6-9H2,1H3. The van der Waals surface area contributed by atoms with Gasteiger partial charge in [0.1, 0.15) is 6.07 Å². The molecule has 1 atom stereocenters. The van der Waals surface area contributed by atoms with E-state index in [-0.39, 0.29) is 12.1 Å². The van der Waals surface area contributed by atoms with Gasteiger partial charge in [-0.25, -0.2) is 0 Å². The summed E-state index contributed by atoms with van der Waals surface area (Å²) in [4.78, 5) is 2.18. The van der Waals surface area contributed by atoms with E-state index in [1.54, 1.807) is 0 Å². The minimum absolute atomic E-state index is 0.168. The smallest absolute Gasteiger partial charge is 0.101 e. The van der Waals surface area contributed by atoms with E-state index in [0.29, 0.717) is 5.57 Å². The highest BCUT2D eigenvalue weighted by Crippen LogP contribution is 2.21. The van der Waals surface area contributed by atoms with Crippen LogP contribution >= 0.6 is 0 Å². The van der Waals surface area contributed by atoms with Crippen LogP contribution in [-0.2, 0) is 0 Å². The molecule has 0 saturated carbocycles. The first-order valence-corrected chi connectivity index (χ1v) is 6.35. The molecular formula is C14H19N3O. The van der Waals surface area contributed by atoms with Crippen molar-refractivity contribution in [2.75, 3.05) is 20.1 Å². The average Bonchev–Trinajstić information content (AvgIpc) is 2.61. The molecule has 0 aromatic rings. The molecule has 0 spiro atoms. The Morgan fingerprint density at radius 3 is 2.61 bits per heavy atom. The Balaban J connectivity index is 2.21. The Hall–Kier alpha value is -1.57. The van der Waals surface area contributed by atoms with Crippen molar-refractivity contribution in [1.82, 2.24) is 10.2 Å². The van der Waals surface area contributed by atoms with Crippen LogP contribution in [0.2, 0.25) is 0 Å². The fourth-order valence-corrected chi connectivity index (χ4v) is 2.30. The van der Waals surface area contributed by atoms with Crippen LogP contribution in [0.15, 0.2) is 35.6 Å². The molecule has 2 rings (SSSR count). The van der Waals surface area contributed by atoms with Crippen molar-refractivity contribution in [2.24, 2.45) is 0 Å². The van der Waals surface area contributed by atoms with Gasteiger partial charge in [-0.15, -0.1) is 0 Å². The second kappa shape index (κ2) is 5.85. The van der Waals surface area contributed by atoms with Crippen molar-refractivity contribution in [3.05, 3.63) is 35.6 Å². The van der Waals surface area contributed by atoms with Gasteiger partial charge in [-0.05, 0) is 32.0 Å². The van der Waals surface area contributed by atoms with Crippen molar-refractivity contribution in [3.8, 4) is 6.07 Å². The Kier molecular flexibility index (Phi) is 4.19. The second-order valence-corrected chi connectivity index (χ2v) is 4.66. The molecule has 0 aromatic heterocycles. The highest BCUT2D eigenvalue weighted by molar-refractivity contribution is 5.45. The van der Waals surface area contributed by atoms with E-state index in [0.717, 1.165) is 31.6 Å². The summed E-state index contributed by atoms with van der Waals surface area (Å²) in [6.07, 6.45) is 9.29. The van der Waals surface area contributed by atoms with Gasteiger partial charge >= 0.3 is 0 Å². The highest BCUT2D eigenvalue weighted by Gasteiger charge is 2.20. The normalized spacial score (nSPS) is 25.2. The number of hydrogen-bond donors (Lipinski definition) is 2. The van der Waals surface area contributed by atoms with Gasteiger partial charge in [-0.1, -0.05) is 12.2 Å². The average molecular weight is 245 g/mol. The van der Waals surface area contributed by atoms with Gasteiger partial charge in [-0.3, -0.25) is 0 Å². The van der Waals surface area contributed by atoms with Gasteiger partial charge in [0.05, 0.1) is 17.4 Å². The molecule has 96 valence electrons. The number of aliphatic hydroxyl groups is 1. The second-order valence-electron chi connectivity index (χ2n) is 4.66. The van der Waals surface area contributed by atoms with E-state index in [1.807, 2.05) is 25.3 Å². The summed E-state index contributed by atoms with van der Waals surface area (Å²) in [5.74, 6) is 0. The van der Waals surface area contributed by atoms with Crippen molar-refractivity contribution in [2.45, 2.75) is 25.0 Å². The third-order valence-corrected chi connectivity index (χ3v) is 3.47. The van der Waals surface area contributed by atoms with Crippen molar-refractivity contribution >= 4 is 0 Å². The molecule has 1 aliphatic carbocycles. The lowest BCUT2D eigenvalue weighted by atomic mass is 10.1. The SMILES string of the molecule is CNC1C=CC(C#N)=C(N2CCC(O)CC2)C=C1. The Morgan fingerprint density at radius 2 is 2.00 bits per heavy atom. The lowest BCUT2D eigenvalue weighted by Crippen LogP contribution is -2.35. The topological polar surface area (TPSA) is 59.3 Å². The van der Waals surface area contributed by atoms with Gasteiger partial charge < -0.3 is 15.3 Å². The van der Waals surface area contributed by atoms with E-state index in [2.05, 4.69) is 22.4 Å². The molecule has 1 saturated heterocycles. The highest BCUT2D eigenvalue weighted by atomic mass is 16.3. The summed E-state index contributed by atoms with van der Waals surface area (Å²) >= 11 is 0. The number of nitrogens with zero attached hydrogens (tertiary/aromatic N) is 2. The number of hydrogen-bond acceptors (Lipinski definition) is 4. The van der Waals surface area contributed by atoms with Crippen LogP contribution < -0.4 is 5.32 Å². The zero-order valence-corrected chi connectivity index (χ0v) is 10.6. The monoisotopic (exact) mass is 245 g/mol. The van der Waals surface area contributed by atoms with Crippen LogP contribution in [0.25, 0.3) is 0 Å². The molecule has 1 fully saturated rings. The van der Waals surface area contributed by atoms with Crippen LogP contribution in [0.4, 0.5) is 0 Å². The van der Waals surface area contributed by atoms with Crippen molar-refractivity contribution in [1.29, 1.82) is 5.26 Å². The number of aliphatic hydroxyl groups excluding tert-OH is 1. The van der Waals surface area contributed by atoms with E-state index >= 15 is 0 Å². The maximum absolute atomic E-state index is 9.53. The number of allylic oxidation sites excluding steroid dienone is 3. The first-order valence-electron chi connectivity index (χ1n) is 6.35. The van der Waals surface area contributed by atoms with E-state index < -0.39 is 0 Å². The molecule has 2 aliphatic rings. The van der Waals surface area contributed by atoms with Crippen molar-refractivity contribution < 1.29 is 5.11 Å². The van der Waals surface area contributed by atoms with E-state index in [4.69, 9.17) is 0 Å². The van der Waals surface area contributed by atoms with Crippen molar-refractivity contribution in [3.63, 3.8) is 0 Å². The van der Waals surface area contributed by atoms with Gasteiger partial charge in [-0.2, -0.15) is 5.26 Å². The molecule has 18 heavy (non-hydrogen) atoms. The minimum atomic E-state index is -0.192. The Bertz CT molecular complexity index is 423. The molecule has 0 bridgehead atoms. The molecule has 0 radical (unpaired) electrons. The summed E-state index contributed by atoms with van der Waals surface area (Å²) in [5.41, 5.74) is 1.67. The summed E-state index contributed by atoms with van der Waals surface area (Å²) in [6.45, 7) is 1.62. The predicted molar refractivity (Wildman–Crippen MR) is 70.6 cm³/mol. The van der Waals surface area contributed by atoms with Gasteiger partial charge in [0.25, 0.3) is 0 Å². The Labute approximate surface area is 108 Å². The maximum atomic E-state index is 9.53. The summed E-state index contributed by atoms with van der Waals surface area (Å²) < 4.78 is 0. The largest absolute Gasteiger partial charge is 0.393 e. The first-order chi connectivity index (χ1) is 8.74. The lowest BCUT2D eigenvalue weighted by molar-refractivity contribution is 0.0984. The molecule has 1 aliphatic heterocycles. The summed E-state index contributed by atoms with van der Waals surface area (Å²) in [5, 5.41) is 21.9. The number of piperidine rings is 1. The number of likely N-dealkylation sites (tertiary alicyclic amines) is 1. The number of nitriles is 1. The van der Waals surface area contributed by atoms with Crippen LogP contribution in [-0.4, -0.2) is 42.3 Å². The van der Waals surface area contributed by atoms with Crippen LogP contribution in [0.1, 0.15) is 12.8 Å². The summed E-state index contributed by atoms with van der Waals surface area (Å²) in [7, 11) is 1.90. The molecule has 4 heteroatoms. The molecule has 1 unspecified atom stereocenters. The van der Waals surface area contributed by atoms with Gasteiger partial charge in [0.2, 0.25) is 0 Å². The fraction of sp³-hybridized carbons (Fsp3) is 0.500. The first kappa shape index (κ1) is 12.9. The van der Waals surface area contributed by atoms with Crippen LogP contribution in [0.5, 0.6) is 0 Å². The molecular weight excluding hydrogens is 226 g/mol. The summed E-state index contributed by atoms with van der Waals surface area (Å²) in [6, 6.07) is 2.42. The van der Waals surface area contributed by atoms with Gasteiger partial charge in [0, 0.05) is 19.1 Å². The lowest BCUT2D eigenvalue weighted by Gasteiger charge is -2.32. The zero-order valence-electron chi connectivity index (χ0n) is 10.6. The Morgan fingerprint density at radius 1 is 1.33 bits per heavy atom. The molecule has 2 N–H and O–H groups in total. The number of likely N-dealkylation sites (N-methyl/N-ethyl adjacent to an activating group) is 1. The maximum Gasteiger partial charge on any atom is 0.101 e.